The molecular formula is C18H15NO3S. The van der Waals surface area contributed by atoms with Gasteiger partial charge in [0.1, 0.15) is 11.5 Å². The lowest BCUT2D eigenvalue weighted by Crippen LogP contribution is -2.28. The van der Waals surface area contributed by atoms with Gasteiger partial charge in [-0.1, -0.05) is 24.3 Å². The molecule has 1 aliphatic heterocycles. The van der Waals surface area contributed by atoms with Crippen LogP contribution in [-0.2, 0) is 24.3 Å². The Morgan fingerprint density at radius 3 is 3.00 bits per heavy atom. The van der Waals surface area contributed by atoms with Gasteiger partial charge in [0.05, 0.1) is 11.1 Å². The summed E-state index contributed by atoms with van der Waals surface area (Å²) < 4.78 is 7.13. The molecule has 0 amide bonds. The number of aromatic nitrogens is 1. The van der Waals surface area contributed by atoms with Gasteiger partial charge in [0.15, 0.2) is 0 Å². The van der Waals surface area contributed by atoms with Crippen molar-refractivity contribution in [1.82, 2.24) is 4.57 Å². The molecule has 3 aromatic rings. The number of para-hydroxylation sites is 1. The van der Waals surface area contributed by atoms with Gasteiger partial charge in [-0.25, -0.2) is 4.79 Å². The van der Waals surface area contributed by atoms with Gasteiger partial charge in [-0.2, -0.15) is 0 Å². The van der Waals surface area contributed by atoms with Crippen molar-refractivity contribution in [3.8, 4) is 0 Å². The van der Waals surface area contributed by atoms with Crippen LogP contribution in [0, 0.1) is 0 Å². The average Bonchev–Trinajstić information content (AvgIpc) is 3.11. The maximum Gasteiger partial charge on any atom is 0.348 e. The molecule has 23 heavy (non-hydrogen) atoms. The van der Waals surface area contributed by atoms with Gasteiger partial charge in [0.25, 0.3) is 5.56 Å². The summed E-state index contributed by atoms with van der Waals surface area (Å²) in [6.45, 7) is 0.731. The molecule has 0 N–H and O–H groups in total. The van der Waals surface area contributed by atoms with Crippen LogP contribution in [-0.4, -0.2) is 10.5 Å². The number of carbonyl (C=O) groups excluding carboxylic acids is 1. The highest BCUT2D eigenvalue weighted by atomic mass is 32.1. The molecule has 116 valence electrons. The van der Waals surface area contributed by atoms with Crippen molar-refractivity contribution in [2.45, 2.75) is 26.0 Å². The van der Waals surface area contributed by atoms with E-state index >= 15 is 0 Å². The molecule has 1 aliphatic rings. The summed E-state index contributed by atoms with van der Waals surface area (Å²) in [4.78, 5) is 25.2. The summed E-state index contributed by atoms with van der Waals surface area (Å²) in [5, 5.41) is 2.86. The van der Waals surface area contributed by atoms with Gasteiger partial charge < -0.3 is 9.30 Å². The SMILES string of the molecule is O=C(OCc1cc2cccc3c2n(c1=O)CCC3)c1cccs1. The monoisotopic (exact) mass is 325 g/mol. The third-order valence-electron chi connectivity index (χ3n) is 4.18. The van der Waals surface area contributed by atoms with Crippen LogP contribution in [0.3, 0.4) is 0 Å². The Hall–Kier alpha value is -2.40. The van der Waals surface area contributed by atoms with Crippen molar-refractivity contribution in [1.29, 1.82) is 0 Å². The Kier molecular flexibility index (Phi) is 3.50. The molecule has 4 nitrogen and oxygen atoms in total. The standard InChI is InChI=1S/C18H15NO3S/c20-17-14(11-22-18(21)15-7-3-9-23-15)10-13-5-1-4-12-6-2-8-19(17)16(12)13/h1,3-5,7,9-10H,2,6,8,11H2. The van der Waals surface area contributed by atoms with Gasteiger partial charge in [-0.15, -0.1) is 11.3 Å². The number of thiophene rings is 1. The maximum atomic E-state index is 12.7. The number of hydrogen-bond donors (Lipinski definition) is 0. The van der Waals surface area contributed by atoms with Crippen LogP contribution in [0.25, 0.3) is 10.9 Å². The van der Waals surface area contributed by atoms with Gasteiger partial charge in [-0.3, -0.25) is 4.79 Å². The van der Waals surface area contributed by atoms with E-state index in [9.17, 15) is 9.59 Å². The Balaban J connectivity index is 1.70. The minimum atomic E-state index is -0.383. The van der Waals surface area contributed by atoms with E-state index in [2.05, 4.69) is 6.07 Å². The summed E-state index contributed by atoms with van der Waals surface area (Å²) in [7, 11) is 0. The topological polar surface area (TPSA) is 48.3 Å². The predicted octanol–water partition coefficient (Wildman–Crippen LogP) is 3.37. The molecule has 0 atom stereocenters. The third kappa shape index (κ3) is 2.47. The molecule has 0 unspecified atom stereocenters. The highest BCUT2D eigenvalue weighted by Gasteiger charge is 2.17. The number of nitrogens with zero attached hydrogens (tertiary/aromatic N) is 1. The molecule has 2 aromatic heterocycles. The first kappa shape index (κ1) is 14.2. The lowest BCUT2D eigenvalue weighted by molar-refractivity contribution is 0.0476. The molecule has 3 heterocycles. The summed E-state index contributed by atoms with van der Waals surface area (Å²) in [6, 6.07) is 11.5. The average molecular weight is 325 g/mol. The third-order valence-corrected chi connectivity index (χ3v) is 5.03. The van der Waals surface area contributed by atoms with Crippen LogP contribution < -0.4 is 5.56 Å². The van der Waals surface area contributed by atoms with Crippen LogP contribution in [0.4, 0.5) is 0 Å². The highest BCUT2D eigenvalue weighted by molar-refractivity contribution is 7.11. The van der Waals surface area contributed by atoms with Crippen LogP contribution in [0.2, 0.25) is 0 Å². The van der Waals surface area contributed by atoms with E-state index in [1.54, 1.807) is 12.1 Å². The van der Waals surface area contributed by atoms with Crippen molar-refractivity contribution in [2.24, 2.45) is 0 Å². The second-order valence-corrected chi connectivity index (χ2v) is 6.59. The fraction of sp³-hybridized carbons (Fsp3) is 0.222. The number of pyridine rings is 1. The van der Waals surface area contributed by atoms with E-state index in [0.29, 0.717) is 10.4 Å². The van der Waals surface area contributed by atoms with Crippen molar-refractivity contribution >= 4 is 28.2 Å². The minimum absolute atomic E-state index is 0.00966. The lowest BCUT2D eigenvalue weighted by atomic mass is 10.0. The van der Waals surface area contributed by atoms with Crippen molar-refractivity contribution < 1.29 is 9.53 Å². The maximum absolute atomic E-state index is 12.7. The highest BCUT2D eigenvalue weighted by Crippen LogP contribution is 2.24. The van der Waals surface area contributed by atoms with E-state index in [1.165, 1.54) is 16.9 Å². The van der Waals surface area contributed by atoms with E-state index in [-0.39, 0.29) is 18.1 Å². The zero-order valence-corrected chi connectivity index (χ0v) is 13.3. The van der Waals surface area contributed by atoms with Crippen molar-refractivity contribution in [3.63, 3.8) is 0 Å². The summed E-state index contributed by atoms with van der Waals surface area (Å²) in [6.07, 6.45) is 1.97. The molecule has 0 saturated heterocycles. The number of hydrogen-bond acceptors (Lipinski definition) is 4. The number of carbonyl (C=O) groups is 1. The fourth-order valence-electron chi connectivity index (χ4n) is 3.14. The molecule has 0 fully saturated rings. The van der Waals surface area contributed by atoms with Gasteiger partial charge in [0, 0.05) is 6.54 Å². The first-order valence-electron chi connectivity index (χ1n) is 7.59. The molecule has 0 saturated carbocycles. The quantitative estimate of drug-likeness (QED) is 0.694. The predicted molar refractivity (Wildman–Crippen MR) is 90.0 cm³/mol. The van der Waals surface area contributed by atoms with E-state index in [4.69, 9.17) is 4.74 Å². The number of esters is 1. The summed E-state index contributed by atoms with van der Waals surface area (Å²) in [5.74, 6) is -0.383. The molecule has 0 aliphatic carbocycles. The smallest absolute Gasteiger partial charge is 0.348 e. The molecular weight excluding hydrogens is 310 g/mol. The normalized spacial score (nSPS) is 13.2. The van der Waals surface area contributed by atoms with Gasteiger partial charge in [-0.05, 0) is 41.3 Å². The Morgan fingerprint density at radius 2 is 2.17 bits per heavy atom. The zero-order chi connectivity index (χ0) is 15.8. The number of aryl methyl sites for hydroxylation is 2. The van der Waals surface area contributed by atoms with Gasteiger partial charge in [0.2, 0.25) is 0 Å². The Bertz CT molecular complexity index is 941. The molecule has 4 rings (SSSR count). The Morgan fingerprint density at radius 1 is 1.26 bits per heavy atom. The molecule has 1 aromatic carbocycles. The van der Waals surface area contributed by atoms with E-state index in [1.807, 2.05) is 28.1 Å². The second kappa shape index (κ2) is 5.66. The van der Waals surface area contributed by atoms with Crippen LogP contribution in [0.15, 0.2) is 46.6 Å². The Labute approximate surface area is 136 Å². The van der Waals surface area contributed by atoms with Crippen LogP contribution >= 0.6 is 11.3 Å². The fourth-order valence-corrected chi connectivity index (χ4v) is 3.75. The number of benzene rings is 1. The van der Waals surface area contributed by atoms with Crippen molar-refractivity contribution in [3.05, 3.63) is 68.1 Å². The minimum Gasteiger partial charge on any atom is -0.456 e. The number of ether oxygens (including phenoxy) is 1. The summed E-state index contributed by atoms with van der Waals surface area (Å²) >= 11 is 1.33. The van der Waals surface area contributed by atoms with Crippen LogP contribution in [0.1, 0.15) is 27.2 Å². The number of rotatable bonds is 3. The molecule has 0 bridgehead atoms. The van der Waals surface area contributed by atoms with Crippen molar-refractivity contribution in [2.75, 3.05) is 0 Å². The molecule has 0 radical (unpaired) electrons. The first-order valence-corrected chi connectivity index (χ1v) is 8.47. The second-order valence-electron chi connectivity index (χ2n) is 5.64. The molecule has 0 spiro atoms. The summed E-state index contributed by atoms with van der Waals surface area (Å²) in [5.41, 5.74) is 2.72. The van der Waals surface area contributed by atoms with E-state index in [0.717, 1.165) is 30.3 Å². The van der Waals surface area contributed by atoms with Crippen LogP contribution in [0.5, 0.6) is 0 Å². The van der Waals surface area contributed by atoms with E-state index < -0.39 is 0 Å². The molecule has 5 heteroatoms. The zero-order valence-electron chi connectivity index (χ0n) is 12.5. The van der Waals surface area contributed by atoms with Gasteiger partial charge >= 0.3 is 5.97 Å². The lowest BCUT2D eigenvalue weighted by Gasteiger charge is -2.20. The largest absolute Gasteiger partial charge is 0.456 e. The first-order chi connectivity index (χ1) is 11.2.